The molecule has 0 atom stereocenters. The maximum absolute atomic E-state index is 11.1. The van der Waals surface area contributed by atoms with Crippen LogP contribution in [0.4, 0.5) is 0 Å². The van der Waals surface area contributed by atoms with Crippen molar-refractivity contribution >= 4 is 19.7 Å². The largest absolute Gasteiger partial charge is 0.494 e. The molecule has 106 valence electrons. The molecule has 6 heteroatoms. The van der Waals surface area contributed by atoms with Gasteiger partial charge in [0.1, 0.15) is 17.2 Å². The van der Waals surface area contributed by atoms with Crippen molar-refractivity contribution in [2.45, 2.75) is 11.8 Å². The van der Waals surface area contributed by atoms with Gasteiger partial charge in [-0.05, 0) is 55.5 Å². The summed E-state index contributed by atoms with van der Waals surface area (Å²) < 4.78 is 33.1. The molecule has 0 bridgehead atoms. The fraction of sp³-hybridized carbons (Fsp3) is 0.143. The van der Waals surface area contributed by atoms with Gasteiger partial charge in [0.05, 0.1) is 11.5 Å². The van der Waals surface area contributed by atoms with E-state index in [1.807, 2.05) is 6.92 Å². The van der Waals surface area contributed by atoms with Gasteiger partial charge in [-0.2, -0.15) is 0 Å². The summed E-state index contributed by atoms with van der Waals surface area (Å²) >= 11 is 0. The second kappa shape index (κ2) is 6.15. The van der Waals surface area contributed by atoms with Crippen molar-refractivity contribution in [3.63, 3.8) is 0 Å². The Hall–Kier alpha value is -1.72. The third-order valence-electron chi connectivity index (χ3n) is 2.48. The summed E-state index contributed by atoms with van der Waals surface area (Å²) in [5.41, 5.74) is 0. The van der Waals surface area contributed by atoms with Crippen molar-refractivity contribution < 1.29 is 17.9 Å². The van der Waals surface area contributed by atoms with Crippen LogP contribution in [0.5, 0.6) is 17.2 Å². The molecule has 0 radical (unpaired) electrons. The van der Waals surface area contributed by atoms with E-state index in [0.717, 1.165) is 5.75 Å². The fourth-order valence-corrected chi connectivity index (χ4v) is 2.35. The number of rotatable bonds is 5. The lowest BCUT2D eigenvalue weighted by molar-refractivity contribution is 0.339. The van der Waals surface area contributed by atoms with E-state index in [2.05, 4.69) is 0 Å². The number of hydrogen-bond donors (Lipinski definition) is 0. The predicted octanol–water partition coefficient (Wildman–Crippen LogP) is 3.81. The Labute approximate surface area is 122 Å². The van der Waals surface area contributed by atoms with Gasteiger partial charge in [0, 0.05) is 10.7 Å². The van der Waals surface area contributed by atoms with Crippen molar-refractivity contribution in [2.75, 3.05) is 6.61 Å². The van der Waals surface area contributed by atoms with Crippen LogP contribution in [0.2, 0.25) is 0 Å². The first-order chi connectivity index (χ1) is 9.49. The van der Waals surface area contributed by atoms with Crippen molar-refractivity contribution in [1.82, 2.24) is 0 Å². The lowest BCUT2D eigenvalue weighted by Crippen LogP contribution is -1.92. The lowest BCUT2D eigenvalue weighted by atomic mass is 10.3. The Bertz CT molecular complexity index is 663. The molecule has 0 saturated carbocycles. The van der Waals surface area contributed by atoms with Crippen LogP contribution < -0.4 is 9.47 Å². The number of hydrogen-bond acceptors (Lipinski definition) is 4. The topological polar surface area (TPSA) is 52.6 Å². The Morgan fingerprint density at radius 1 is 0.900 bits per heavy atom. The summed E-state index contributed by atoms with van der Waals surface area (Å²) in [6.07, 6.45) is 0. The molecule has 0 spiro atoms. The molecule has 0 unspecified atom stereocenters. The molecule has 20 heavy (non-hydrogen) atoms. The average molecular weight is 313 g/mol. The van der Waals surface area contributed by atoms with Gasteiger partial charge in [0.25, 0.3) is 9.05 Å². The van der Waals surface area contributed by atoms with Gasteiger partial charge < -0.3 is 9.47 Å². The Balaban J connectivity index is 2.10. The highest BCUT2D eigenvalue weighted by Crippen LogP contribution is 2.25. The molecule has 2 rings (SSSR count). The SMILES string of the molecule is CCOc1ccc(Oc2ccc(S(=O)(=O)Cl)cc2)cc1. The molecule has 4 nitrogen and oxygen atoms in total. The molecule has 2 aromatic carbocycles. The standard InChI is InChI=1S/C14H13ClO4S/c1-2-18-11-3-5-12(6-4-11)19-13-7-9-14(10-8-13)20(15,16)17/h3-10H,2H2,1H3. The zero-order valence-electron chi connectivity index (χ0n) is 10.7. The number of benzene rings is 2. The first-order valence-electron chi connectivity index (χ1n) is 5.94. The molecular weight excluding hydrogens is 300 g/mol. The zero-order valence-corrected chi connectivity index (χ0v) is 12.3. The summed E-state index contributed by atoms with van der Waals surface area (Å²) in [5.74, 6) is 1.93. The van der Waals surface area contributed by atoms with Crippen LogP contribution in [-0.4, -0.2) is 15.0 Å². The van der Waals surface area contributed by atoms with Crippen LogP contribution in [0.15, 0.2) is 53.4 Å². The molecular formula is C14H13ClO4S. The highest BCUT2D eigenvalue weighted by molar-refractivity contribution is 8.13. The second-order valence-corrected chi connectivity index (χ2v) is 6.48. The Morgan fingerprint density at radius 3 is 1.80 bits per heavy atom. The molecule has 0 amide bonds. The van der Waals surface area contributed by atoms with Gasteiger partial charge in [0.2, 0.25) is 0 Å². The van der Waals surface area contributed by atoms with E-state index < -0.39 is 9.05 Å². The normalized spacial score (nSPS) is 11.1. The minimum atomic E-state index is -3.70. The summed E-state index contributed by atoms with van der Waals surface area (Å²) in [6, 6.07) is 13.0. The first-order valence-corrected chi connectivity index (χ1v) is 8.25. The molecule has 2 aromatic rings. The number of ether oxygens (including phenoxy) is 2. The fourth-order valence-electron chi connectivity index (χ4n) is 1.58. The minimum Gasteiger partial charge on any atom is -0.494 e. The Morgan fingerprint density at radius 2 is 1.35 bits per heavy atom. The van der Waals surface area contributed by atoms with Crippen molar-refractivity contribution in [2.24, 2.45) is 0 Å². The van der Waals surface area contributed by atoms with E-state index in [4.69, 9.17) is 20.2 Å². The van der Waals surface area contributed by atoms with Crippen LogP contribution in [-0.2, 0) is 9.05 Å². The van der Waals surface area contributed by atoms with Gasteiger partial charge in [-0.25, -0.2) is 8.42 Å². The summed E-state index contributed by atoms with van der Waals surface area (Å²) in [7, 11) is 1.53. The van der Waals surface area contributed by atoms with Gasteiger partial charge >= 0.3 is 0 Å². The molecule has 0 saturated heterocycles. The maximum Gasteiger partial charge on any atom is 0.261 e. The van der Waals surface area contributed by atoms with Crippen molar-refractivity contribution in [1.29, 1.82) is 0 Å². The van der Waals surface area contributed by atoms with E-state index in [1.54, 1.807) is 36.4 Å². The van der Waals surface area contributed by atoms with Crippen LogP contribution in [0, 0.1) is 0 Å². The quantitative estimate of drug-likeness (QED) is 0.788. The second-order valence-electron chi connectivity index (χ2n) is 3.92. The molecule has 0 aliphatic carbocycles. The highest BCUT2D eigenvalue weighted by Gasteiger charge is 2.09. The van der Waals surface area contributed by atoms with Gasteiger partial charge in [-0.15, -0.1) is 0 Å². The van der Waals surface area contributed by atoms with E-state index in [1.165, 1.54) is 12.1 Å². The lowest BCUT2D eigenvalue weighted by Gasteiger charge is -2.07. The van der Waals surface area contributed by atoms with Crippen molar-refractivity contribution in [3.8, 4) is 17.2 Å². The van der Waals surface area contributed by atoms with Gasteiger partial charge in [-0.3, -0.25) is 0 Å². The monoisotopic (exact) mass is 312 g/mol. The van der Waals surface area contributed by atoms with Crippen LogP contribution >= 0.6 is 10.7 Å². The van der Waals surface area contributed by atoms with E-state index in [0.29, 0.717) is 18.1 Å². The minimum absolute atomic E-state index is 0.0400. The molecule has 0 fully saturated rings. The molecule has 0 N–H and O–H groups in total. The van der Waals surface area contributed by atoms with Crippen molar-refractivity contribution in [3.05, 3.63) is 48.5 Å². The molecule has 0 aromatic heterocycles. The van der Waals surface area contributed by atoms with E-state index in [9.17, 15) is 8.42 Å². The zero-order chi connectivity index (χ0) is 14.6. The predicted molar refractivity (Wildman–Crippen MR) is 77.2 cm³/mol. The molecule has 0 aliphatic rings. The third kappa shape index (κ3) is 3.88. The smallest absolute Gasteiger partial charge is 0.261 e. The Kier molecular flexibility index (Phi) is 4.52. The van der Waals surface area contributed by atoms with Crippen LogP contribution in [0.3, 0.4) is 0 Å². The van der Waals surface area contributed by atoms with E-state index in [-0.39, 0.29) is 4.90 Å². The average Bonchev–Trinajstić information content (AvgIpc) is 2.41. The van der Waals surface area contributed by atoms with E-state index >= 15 is 0 Å². The highest BCUT2D eigenvalue weighted by atomic mass is 35.7. The van der Waals surface area contributed by atoms with Gasteiger partial charge in [-0.1, -0.05) is 0 Å². The number of halogens is 1. The molecule has 0 aliphatic heterocycles. The summed E-state index contributed by atoms with van der Waals surface area (Å²) in [6.45, 7) is 2.52. The van der Waals surface area contributed by atoms with Crippen LogP contribution in [0.25, 0.3) is 0 Å². The summed E-state index contributed by atoms with van der Waals surface area (Å²) in [5, 5.41) is 0. The van der Waals surface area contributed by atoms with Gasteiger partial charge in [0.15, 0.2) is 0 Å². The molecule has 0 heterocycles. The first kappa shape index (κ1) is 14.7. The summed E-state index contributed by atoms with van der Waals surface area (Å²) in [4.78, 5) is 0.0400. The van der Waals surface area contributed by atoms with Crippen LogP contribution in [0.1, 0.15) is 6.92 Å². The maximum atomic E-state index is 11.1. The third-order valence-corrected chi connectivity index (χ3v) is 3.85.